The molecule has 19 heavy (non-hydrogen) atoms. The molecule has 0 spiro atoms. The molecule has 0 radical (unpaired) electrons. The van der Waals surface area contributed by atoms with Gasteiger partial charge in [-0.3, -0.25) is 0 Å². The van der Waals surface area contributed by atoms with Crippen LogP contribution in [-0.4, -0.2) is 29.0 Å². The fourth-order valence-electron chi connectivity index (χ4n) is 2.77. The minimum atomic E-state index is -0.471. The summed E-state index contributed by atoms with van der Waals surface area (Å²) in [5.41, 5.74) is 1.12. The lowest BCUT2D eigenvalue weighted by Crippen LogP contribution is -2.29. The largest absolute Gasteiger partial charge is 0.393 e. The van der Waals surface area contributed by atoms with Gasteiger partial charge >= 0.3 is 0 Å². The van der Waals surface area contributed by atoms with E-state index in [1.807, 2.05) is 30.3 Å². The van der Waals surface area contributed by atoms with Gasteiger partial charge in [-0.15, -0.1) is 0 Å². The van der Waals surface area contributed by atoms with Crippen LogP contribution in [0.4, 0.5) is 0 Å². The first-order valence-corrected chi connectivity index (χ1v) is 7.23. The molecule has 2 N–H and O–H groups in total. The van der Waals surface area contributed by atoms with Crippen LogP contribution in [-0.2, 0) is 11.3 Å². The average molecular weight is 264 g/mol. The Balaban J connectivity index is 1.65. The van der Waals surface area contributed by atoms with Gasteiger partial charge in [0.25, 0.3) is 0 Å². The Labute approximate surface area is 115 Å². The number of ether oxygens (including phenoxy) is 1. The smallest absolute Gasteiger partial charge is 0.0777 e. The lowest BCUT2D eigenvalue weighted by molar-refractivity contribution is -0.0104. The van der Waals surface area contributed by atoms with Crippen molar-refractivity contribution in [3.05, 3.63) is 35.9 Å². The predicted octanol–water partition coefficient (Wildman–Crippen LogP) is 2.51. The minimum Gasteiger partial charge on any atom is -0.393 e. The lowest BCUT2D eigenvalue weighted by Gasteiger charge is -2.29. The summed E-state index contributed by atoms with van der Waals surface area (Å²) in [5.74, 6) is 0.240. The van der Waals surface area contributed by atoms with Crippen molar-refractivity contribution in [1.29, 1.82) is 0 Å². The Morgan fingerprint density at radius 2 is 1.89 bits per heavy atom. The molecule has 3 atom stereocenters. The number of hydrogen-bond donors (Lipinski definition) is 2. The summed E-state index contributed by atoms with van der Waals surface area (Å²) in [6.07, 6.45) is 4.12. The highest BCUT2D eigenvalue weighted by Crippen LogP contribution is 2.28. The number of benzene rings is 1. The molecule has 1 aromatic rings. The van der Waals surface area contributed by atoms with Gasteiger partial charge < -0.3 is 14.9 Å². The predicted molar refractivity (Wildman–Crippen MR) is 74.7 cm³/mol. The van der Waals surface area contributed by atoms with E-state index in [-0.39, 0.29) is 12.0 Å². The van der Waals surface area contributed by atoms with E-state index in [2.05, 4.69) is 0 Å². The summed E-state index contributed by atoms with van der Waals surface area (Å²) >= 11 is 0. The molecule has 1 aliphatic rings. The summed E-state index contributed by atoms with van der Waals surface area (Å²) < 4.78 is 5.53. The molecule has 0 bridgehead atoms. The fraction of sp³-hybridized carbons (Fsp3) is 0.625. The molecule has 1 fully saturated rings. The van der Waals surface area contributed by atoms with Gasteiger partial charge in [0.1, 0.15) is 0 Å². The summed E-state index contributed by atoms with van der Waals surface area (Å²) in [4.78, 5) is 0. The molecule has 0 aromatic heterocycles. The van der Waals surface area contributed by atoms with Gasteiger partial charge in [0, 0.05) is 0 Å². The van der Waals surface area contributed by atoms with E-state index < -0.39 is 6.10 Å². The highest BCUT2D eigenvalue weighted by molar-refractivity contribution is 5.13. The van der Waals surface area contributed by atoms with Crippen molar-refractivity contribution in [3.8, 4) is 0 Å². The maximum atomic E-state index is 9.96. The van der Waals surface area contributed by atoms with Crippen LogP contribution in [0.5, 0.6) is 0 Å². The van der Waals surface area contributed by atoms with Crippen LogP contribution >= 0.6 is 0 Å². The SMILES string of the molecule is OC(COCc1ccccc1)CC1CCCCC1O. The van der Waals surface area contributed by atoms with Gasteiger partial charge in [-0.05, 0) is 30.7 Å². The molecule has 0 heterocycles. The number of aliphatic hydroxyl groups excluding tert-OH is 2. The minimum absolute atomic E-state index is 0.238. The average Bonchev–Trinajstić information content (AvgIpc) is 2.43. The van der Waals surface area contributed by atoms with Gasteiger partial charge in [-0.1, -0.05) is 43.2 Å². The molecule has 2 rings (SSSR count). The van der Waals surface area contributed by atoms with E-state index >= 15 is 0 Å². The van der Waals surface area contributed by atoms with Crippen molar-refractivity contribution in [2.45, 2.75) is 50.9 Å². The molecule has 3 heteroatoms. The summed E-state index contributed by atoms with van der Waals surface area (Å²) in [5, 5.41) is 19.8. The first-order valence-electron chi connectivity index (χ1n) is 7.23. The van der Waals surface area contributed by atoms with Crippen LogP contribution in [0, 0.1) is 5.92 Å². The lowest BCUT2D eigenvalue weighted by atomic mass is 9.83. The molecular weight excluding hydrogens is 240 g/mol. The fourth-order valence-corrected chi connectivity index (χ4v) is 2.77. The van der Waals surface area contributed by atoms with Crippen LogP contribution in [0.2, 0.25) is 0 Å². The second kappa shape index (κ2) is 7.63. The molecule has 1 aliphatic carbocycles. The molecule has 0 saturated heterocycles. The van der Waals surface area contributed by atoms with Crippen molar-refractivity contribution < 1.29 is 14.9 Å². The van der Waals surface area contributed by atoms with Gasteiger partial charge in [0.2, 0.25) is 0 Å². The molecule has 3 nitrogen and oxygen atoms in total. The van der Waals surface area contributed by atoms with Crippen molar-refractivity contribution >= 4 is 0 Å². The number of hydrogen-bond acceptors (Lipinski definition) is 3. The molecule has 3 unspecified atom stereocenters. The van der Waals surface area contributed by atoms with Gasteiger partial charge in [0.05, 0.1) is 25.4 Å². The third-order valence-electron chi connectivity index (χ3n) is 3.87. The summed E-state index contributed by atoms with van der Waals surface area (Å²) in [6.45, 7) is 0.878. The van der Waals surface area contributed by atoms with Gasteiger partial charge in [-0.25, -0.2) is 0 Å². The topological polar surface area (TPSA) is 49.7 Å². The zero-order valence-corrected chi connectivity index (χ0v) is 11.4. The van der Waals surface area contributed by atoms with Crippen LogP contribution in [0.3, 0.4) is 0 Å². The molecule has 1 aromatic carbocycles. The van der Waals surface area contributed by atoms with E-state index in [0.717, 1.165) is 24.8 Å². The maximum absolute atomic E-state index is 9.96. The Morgan fingerprint density at radius 3 is 2.63 bits per heavy atom. The third kappa shape index (κ3) is 4.94. The van der Waals surface area contributed by atoms with Crippen LogP contribution in [0.1, 0.15) is 37.7 Å². The first kappa shape index (κ1) is 14.5. The Morgan fingerprint density at radius 1 is 1.16 bits per heavy atom. The van der Waals surface area contributed by atoms with Crippen molar-refractivity contribution in [3.63, 3.8) is 0 Å². The quantitative estimate of drug-likeness (QED) is 0.830. The van der Waals surface area contributed by atoms with E-state index in [1.54, 1.807) is 0 Å². The summed E-state index contributed by atoms with van der Waals surface area (Å²) in [6, 6.07) is 9.96. The molecule has 1 saturated carbocycles. The molecule has 106 valence electrons. The normalized spacial score (nSPS) is 25.2. The second-order valence-electron chi connectivity index (χ2n) is 5.50. The van der Waals surface area contributed by atoms with Crippen molar-refractivity contribution in [1.82, 2.24) is 0 Å². The Bertz CT molecular complexity index is 352. The standard InChI is InChI=1S/C16H24O3/c17-15(10-14-8-4-5-9-16(14)18)12-19-11-13-6-2-1-3-7-13/h1-3,6-7,14-18H,4-5,8-12H2. The molecule has 0 amide bonds. The Kier molecular flexibility index (Phi) is 5.83. The van der Waals surface area contributed by atoms with Gasteiger partial charge in [0.15, 0.2) is 0 Å². The summed E-state index contributed by atoms with van der Waals surface area (Å²) in [7, 11) is 0. The van der Waals surface area contributed by atoms with E-state index in [1.165, 1.54) is 6.42 Å². The highest BCUT2D eigenvalue weighted by Gasteiger charge is 2.25. The van der Waals surface area contributed by atoms with E-state index in [0.29, 0.717) is 19.6 Å². The highest BCUT2D eigenvalue weighted by atomic mass is 16.5. The molecular formula is C16H24O3. The van der Waals surface area contributed by atoms with Crippen LogP contribution in [0.25, 0.3) is 0 Å². The van der Waals surface area contributed by atoms with Crippen molar-refractivity contribution in [2.24, 2.45) is 5.92 Å². The first-order chi connectivity index (χ1) is 9.25. The van der Waals surface area contributed by atoms with Crippen LogP contribution in [0.15, 0.2) is 30.3 Å². The number of rotatable bonds is 6. The maximum Gasteiger partial charge on any atom is 0.0777 e. The zero-order chi connectivity index (χ0) is 13.5. The number of aliphatic hydroxyl groups is 2. The van der Waals surface area contributed by atoms with E-state index in [9.17, 15) is 10.2 Å². The van der Waals surface area contributed by atoms with Crippen molar-refractivity contribution in [2.75, 3.05) is 6.61 Å². The molecule has 0 aliphatic heterocycles. The second-order valence-corrected chi connectivity index (χ2v) is 5.50. The van der Waals surface area contributed by atoms with E-state index in [4.69, 9.17) is 4.74 Å². The third-order valence-corrected chi connectivity index (χ3v) is 3.87. The monoisotopic (exact) mass is 264 g/mol. The zero-order valence-electron chi connectivity index (χ0n) is 11.4. The Hall–Kier alpha value is -0.900. The van der Waals surface area contributed by atoms with Gasteiger partial charge in [-0.2, -0.15) is 0 Å². The van der Waals surface area contributed by atoms with Crippen LogP contribution < -0.4 is 0 Å².